The summed E-state index contributed by atoms with van der Waals surface area (Å²) in [5, 5.41) is 10.3. The summed E-state index contributed by atoms with van der Waals surface area (Å²) in [6.45, 7) is 0. The molecule has 58 valence electrons. The van der Waals surface area contributed by atoms with Gasteiger partial charge in [0.25, 0.3) is 5.70 Å². The minimum absolute atomic E-state index is 0.0289. The number of rotatable bonds is 1. The highest BCUT2D eigenvalue weighted by Crippen LogP contribution is 2.08. The predicted octanol–water partition coefficient (Wildman–Crippen LogP) is 0.950. The van der Waals surface area contributed by atoms with Gasteiger partial charge in [0.1, 0.15) is 5.70 Å². The van der Waals surface area contributed by atoms with Gasteiger partial charge in [-0.2, -0.15) is 0 Å². The van der Waals surface area contributed by atoms with Crippen LogP contribution in [0.3, 0.4) is 0 Å². The van der Waals surface area contributed by atoms with Crippen LogP contribution in [0.4, 0.5) is 0 Å². The van der Waals surface area contributed by atoms with Gasteiger partial charge in [-0.05, 0) is 12.5 Å². The molecule has 0 saturated carbocycles. The average Bonchev–Trinajstić information content (AvgIpc) is 2.13. The van der Waals surface area contributed by atoms with E-state index >= 15 is 0 Å². The molecule has 0 aromatic heterocycles. The van der Waals surface area contributed by atoms with E-state index in [1.54, 1.807) is 18.2 Å². The molecule has 1 aliphatic rings. The van der Waals surface area contributed by atoms with Crippen molar-refractivity contribution in [3.8, 4) is 0 Å². The van der Waals surface area contributed by atoms with E-state index in [0.717, 1.165) is 0 Å². The third kappa shape index (κ3) is 1.67. The molecule has 0 spiro atoms. The molecular weight excluding hydrogens is 144 g/mol. The smallest absolute Gasteiger partial charge is 0.291 e. The number of nitro groups is 1. The van der Waals surface area contributed by atoms with Crippen LogP contribution in [0.25, 0.3) is 0 Å². The van der Waals surface area contributed by atoms with E-state index in [0.29, 0.717) is 6.42 Å². The van der Waals surface area contributed by atoms with Gasteiger partial charge in [0.15, 0.2) is 0 Å². The van der Waals surface area contributed by atoms with E-state index in [-0.39, 0.29) is 11.4 Å². The Morgan fingerprint density at radius 3 is 2.73 bits per heavy atom. The van der Waals surface area contributed by atoms with Gasteiger partial charge in [-0.1, -0.05) is 12.2 Å². The minimum atomic E-state index is -0.485. The Balaban J connectivity index is 3.04. The number of nitrogens with two attached hydrogens (primary N) is 1. The summed E-state index contributed by atoms with van der Waals surface area (Å²) in [7, 11) is 0. The van der Waals surface area contributed by atoms with Crippen LogP contribution in [0, 0.1) is 10.1 Å². The van der Waals surface area contributed by atoms with Crippen molar-refractivity contribution in [2.75, 3.05) is 0 Å². The van der Waals surface area contributed by atoms with Gasteiger partial charge in [0.2, 0.25) is 0 Å². The molecule has 0 atom stereocenters. The van der Waals surface area contributed by atoms with Crippen LogP contribution in [0.5, 0.6) is 0 Å². The van der Waals surface area contributed by atoms with E-state index in [1.807, 2.05) is 0 Å². The zero-order chi connectivity index (χ0) is 8.27. The van der Waals surface area contributed by atoms with Gasteiger partial charge in [0, 0.05) is 6.08 Å². The maximum absolute atomic E-state index is 10.3. The van der Waals surface area contributed by atoms with Crippen LogP contribution < -0.4 is 5.73 Å². The molecule has 0 aromatic rings. The molecule has 4 heteroatoms. The molecule has 0 aromatic carbocycles. The maximum atomic E-state index is 10.3. The Kier molecular flexibility index (Phi) is 2.06. The lowest BCUT2D eigenvalue weighted by Crippen LogP contribution is -2.05. The maximum Gasteiger partial charge on any atom is 0.291 e. The molecule has 0 aliphatic heterocycles. The van der Waals surface area contributed by atoms with Crippen molar-refractivity contribution >= 4 is 0 Å². The molecule has 11 heavy (non-hydrogen) atoms. The Morgan fingerprint density at radius 1 is 1.45 bits per heavy atom. The molecule has 0 bridgehead atoms. The van der Waals surface area contributed by atoms with E-state index in [4.69, 9.17) is 5.73 Å². The van der Waals surface area contributed by atoms with E-state index in [2.05, 4.69) is 0 Å². The average molecular weight is 152 g/mol. The minimum Gasteiger partial charge on any atom is -0.393 e. The second-order valence-corrected chi connectivity index (χ2v) is 2.14. The molecule has 0 unspecified atom stereocenters. The second kappa shape index (κ2) is 3.01. The monoisotopic (exact) mass is 152 g/mol. The van der Waals surface area contributed by atoms with Gasteiger partial charge < -0.3 is 5.73 Å². The van der Waals surface area contributed by atoms with Crippen LogP contribution in [0.1, 0.15) is 6.42 Å². The second-order valence-electron chi connectivity index (χ2n) is 2.14. The van der Waals surface area contributed by atoms with Crippen LogP contribution >= 0.6 is 0 Å². The quantitative estimate of drug-likeness (QED) is 0.449. The molecule has 0 fully saturated rings. The summed E-state index contributed by atoms with van der Waals surface area (Å²) in [6, 6.07) is 0. The topological polar surface area (TPSA) is 69.2 Å². The van der Waals surface area contributed by atoms with Gasteiger partial charge in [0.05, 0.1) is 4.92 Å². The third-order valence-corrected chi connectivity index (χ3v) is 1.34. The predicted molar refractivity (Wildman–Crippen MR) is 41.1 cm³/mol. The van der Waals surface area contributed by atoms with Crippen LogP contribution in [-0.2, 0) is 0 Å². The number of nitrogens with zero attached hydrogens (tertiary/aromatic N) is 1. The van der Waals surface area contributed by atoms with E-state index in [9.17, 15) is 10.1 Å². The first kappa shape index (κ1) is 7.53. The summed E-state index contributed by atoms with van der Waals surface area (Å²) in [4.78, 5) is 9.82. The summed E-state index contributed by atoms with van der Waals surface area (Å²) in [5.41, 5.74) is 5.56. The zero-order valence-electron chi connectivity index (χ0n) is 5.86. The van der Waals surface area contributed by atoms with Gasteiger partial charge >= 0.3 is 0 Å². The highest BCUT2D eigenvalue weighted by Gasteiger charge is 2.10. The molecule has 2 N–H and O–H groups in total. The van der Waals surface area contributed by atoms with Crippen LogP contribution in [0.2, 0.25) is 0 Å². The van der Waals surface area contributed by atoms with Crippen molar-refractivity contribution in [1.29, 1.82) is 0 Å². The molecule has 1 rings (SSSR count). The normalized spacial score (nSPS) is 16.7. The Hall–Kier alpha value is -1.58. The Bertz CT molecular complexity index is 264. The van der Waals surface area contributed by atoms with Crippen molar-refractivity contribution in [2.24, 2.45) is 5.73 Å². The van der Waals surface area contributed by atoms with Gasteiger partial charge in [-0.15, -0.1) is 0 Å². The van der Waals surface area contributed by atoms with Crippen LogP contribution in [-0.4, -0.2) is 4.92 Å². The van der Waals surface area contributed by atoms with Gasteiger partial charge in [-0.25, -0.2) is 0 Å². The lowest BCUT2D eigenvalue weighted by molar-refractivity contribution is -0.420. The molecule has 0 amide bonds. The summed E-state index contributed by atoms with van der Waals surface area (Å²) in [6.07, 6.45) is 7.16. The van der Waals surface area contributed by atoms with Gasteiger partial charge in [-0.3, -0.25) is 10.1 Å². The number of allylic oxidation sites excluding steroid dienone is 4. The van der Waals surface area contributed by atoms with Crippen molar-refractivity contribution in [3.05, 3.63) is 45.8 Å². The summed E-state index contributed by atoms with van der Waals surface area (Å²) >= 11 is 0. The van der Waals surface area contributed by atoms with E-state index in [1.165, 1.54) is 6.08 Å². The fourth-order valence-electron chi connectivity index (χ4n) is 0.801. The molecule has 4 nitrogen and oxygen atoms in total. The van der Waals surface area contributed by atoms with E-state index < -0.39 is 4.92 Å². The molecular formula is C7H8N2O2. The van der Waals surface area contributed by atoms with Crippen molar-refractivity contribution < 1.29 is 4.92 Å². The Morgan fingerprint density at radius 2 is 2.09 bits per heavy atom. The fraction of sp³-hybridized carbons (Fsp3) is 0.143. The lowest BCUT2D eigenvalue weighted by Gasteiger charge is -1.91. The summed E-state index contributed by atoms with van der Waals surface area (Å²) < 4.78 is 0. The first-order chi connectivity index (χ1) is 5.22. The number of hydrogen-bond acceptors (Lipinski definition) is 3. The fourth-order valence-corrected chi connectivity index (χ4v) is 0.801. The zero-order valence-corrected chi connectivity index (χ0v) is 5.86. The lowest BCUT2D eigenvalue weighted by atomic mass is 10.3. The van der Waals surface area contributed by atoms with Crippen molar-refractivity contribution in [2.45, 2.75) is 6.42 Å². The first-order valence-electron chi connectivity index (χ1n) is 3.19. The van der Waals surface area contributed by atoms with Crippen molar-refractivity contribution in [1.82, 2.24) is 0 Å². The number of hydrogen-bond donors (Lipinski definition) is 1. The Labute approximate surface area is 63.8 Å². The SMILES string of the molecule is NC1=C([N+](=O)[O-])C=CCC=C1. The highest BCUT2D eigenvalue weighted by atomic mass is 16.6. The standard InChI is InChI=1S/C7H8N2O2/c8-6-4-2-1-3-5-7(6)9(10)11/h2-5H,1,8H2. The van der Waals surface area contributed by atoms with Crippen LogP contribution in [0.15, 0.2) is 35.7 Å². The highest BCUT2D eigenvalue weighted by molar-refractivity contribution is 5.29. The summed E-state index contributed by atoms with van der Waals surface area (Å²) in [5.74, 6) is 0. The molecule has 1 aliphatic carbocycles. The molecule has 0 heterocycles. The van der Waals surface area contributed by atoms with Crippen molar-refractivity contribution in [3.63, 3.8) is 0 Å². The largest absolute Gasteiger partial charge is 0.393 e. The first-order valence-corrected chi connectivity index (χ1v) is 3.19. The molecule has 0 saturated heterocycles. The molecule has 0 radical (unpaired) electrons. The third-order valence-electron chi connectivity index (χ3n) is 1.34.